The molecular formula is C22H24N2O3S. The van der Waals surface area contributed by atoms with E-state index in [0.29, 0.717) is 11.4 Å². The van der Waals surface area contributed by atoms with Crippen LogP contribution in [-0.4, -0.2) is 18.2 Å². The number of ether oxygens (including phenoxy) is 2. The van der Waals surface area contributed by atoms with Gasteiger partial charge in [-0.2, -0.15) is 0 Å². The lowest BCUT2D eigenvalue weighted by molar-refractivity contribution is 0.153. The van der Waals surface area contributed by atoms with E-state index >= 15 is 0 Å². The zero-order valence-corrected chi connectivity index (χ0v) is 17.6. The molecule has 3 aromatic rings. The van der Waals surface area contributed by atoms with Gasteiger partial charge in [-0.05, 0) is 63.1 Å². The first-order valence-electron chi connectivity index (χ1n) is 8.98. The summed E-state index contributed by atoms with van der Waals surface area (Å²) >= 11 is 1.73. The predicted octanol–water partition coefficient (Wildman–Crippen LogP) is 5.80. The van der Waals surface area contributed by atoms with E-state index in [1.807, 2.05) is 32.9 Å². The van der Waals surface area contributed by atoms with Crippen molar-refractivity contribution in [3.05, 3.63) is 63.8 Å². The maximum absolute atomic E-state index is 12.3. The number of aryl methyl sites for hydroxylation is 3. The van der Waals surface area contributed by atoms with Gasteiger partial charge in [-0.15, -0.1) is 11.3 Å². The monoisotopic (exact) mass is 396 g/mol. The Hall–Kier alpha value is -2.86. The number of benzene rings is 1. The van der Waals surface area contributed by atoms with Crippen molar-refractivity contribution in [3.63, 3.8) is 0 Å². The quantitative estimate of drug-likeness (QED) is 0.592. The number of amides is 1. The smallest absolute Gasteiger partial charge is 0.412 e. The minimum atomic E-state index is -0.514. The molecule has 2 aromatic heterocycles. The van der Waals surface area contributed by atoms with Crippen LogP contribution in [0, 0.1) is 27.7 Å². The molecule has 28 heavy (non-hydrogen) atoms. The van der Waals surface area contributed by atoms with E-state index < -0.39 is 6.09 Å². The normalized spacial score (nSPS) is 10.6. The lowest BCUT2D eigenvalue weighted by Gasteiger charge is -2.13. The van der Waals surface area contributed by atoms with E-state index in [2.05, 4.69) is 35.4 Å². The molecule has 3 rings (SSSR count). The second-order valence-corrected chi connectivity index (χ2v) is 8.03. The molecule has 0 spiro atoms. The highest BCUT2D eigenvalue weighted by Crippen LogP contribution is 2.30. The molecule has 1 amide bonds. The van der Waals surface area contributed by atoms with Gasteiger partial charge in [0.2, 0.25) is 0 Å². The third-order valence-corrected chi connectivity index (χ3v) is 5.49. The molecule has 0 saturated carbocycles. The average molecular weight is 397 g/mol. The predicted molar refractivity (Wildman–Crippen MR) is 113 cm³/mol. The van der Waals surface area contributed by atoms with Crippen LogP contribution in [0.2, 0.25) is 0 Å². The topological polar surface area (TPSA) is 60.5 Å². The summed E-state index contributed by atoms with van der Waals surface area (Å²) in [5, 5.41) is 2.81. The number of rotatable bonds is 5. The summed E-state index contributed by atoms with van der Waals surface area (Å²) in [5.41, 5.74) is 5.35. The first kappa shape index (κ1) is 19.9. The summed E-state index contributed by atoms with van der Waals surface area (Å²) in [6.45, 7) is 8.01. The van der Waals surface area contributed by atoms with Crippen molar-refractivity contribution in [3.8, 4) is 16.2 Å². The molecule has 0 atom stereocenters. The van der Waals surface area contributed by atoms with Crippen LogP contribution in [0.3, 0.4) is 0 Å². The van der Waals surface area contributed by atoms with Gasteiger partial charge in [0.1, 0.15) is 12.4 Å². The number of thiophene rings is 1. The van der Waals surface area contributed by atoms with Gasteiger partial charge in [-0.3, -0.25) is 10.3 Å². The molecule has 6 heteroatoms. The van der Waals surface area contributed by atoms with E-state index in [0.717, 1.165) is 28.0 Å². The minimum absolute atomic E-state index is 0.0805. The molecule has 1 N–H and O–H groups in total. The first-order chi connectivity index (χ1) is 13.4. The van der Waals surface area contributed by atoms with E-state index in [-0.39, 0.29) is 6.61 Å². The SMILES string of the molecule is COc1c(C)cnc(COC(=O)Nc2cc(C)cc(-c3ccc(C)s3)c2)c1C. The van der Waals surface area contributed by atoms with Crippen LogP contribution >= 0.6 is 11.3 Å². The highest BCUT2D eigenvalue weighted by Gasteiger charge is 2.12. The van der Waals surface area contributed by atoms with Crippen molar-refractivity contribution in [2.24, 2.45) is 0 Å². The van der Waals surface area contributed by atoms with Gasteiger partial charge in [0.05, 0.1) is 12.8 Å². The number of anilines is 1. The zero-order valence-electron chi connectivity index (χ0n) is 16.8. The van der Waals surface area contributed by atoms with Gasteiger partial charge in [0.25, 0.3) is 0 Å². The van der Waals surface area contributed by atoms with Gasteiger partial charge in [-0.1, -0.05) is 6.07 Å². The van der Waals surface area contributed by atoms with E-state index in [1.165, 1.54) is 9.75 Å². The van der Waals surface area contributed by atoms with Gasteiger partial charge < -0.3 is 9.47 Å². The largest absolute Gasteiger partial charge is 0.496 e. The molecule has 0 radical (unpaired) electrons. The third kappa shape index (κ3) is 4.51. The molecule has 1 aromatic carbocycles. The van der Waals surface area contributed by atoms with Crippen molar-refractivity contribution in [2.75, 3.05) is 12.4 Å². The molecule has 0 unspecified atom stereocenters. The summed E-state index contributed by atoms with van der Waals surface area (Å²) < 4.78 is 10.8. The molecule has 2 heterocycles. The molecule has 0 bridgehead atoms. The molecule has 146 valence electrons. The Balaban J connectivity index is 1.69. The summed E-state index contributed by atoms with van der Waals surface area (Å²) in [6, 6.07) is 10.2. The maximum Gasteiger partial charge on any atom is 0.412 e. The Bertz CT molecular complexity index is 1010. The van der Waals surface area contributed by atoms with Crippen LogP contribution in [0.25, 0.3) is 10.4 Å². The van der Waals surface area contributed by atoms with Crippen LogP contribution in [-0.2, 0) is 11.3 Å². The van der Waals surface area contributed by atoms with Crippen molar-refractivity contribution in [2.45, 2.75) is 34.3 Å². The zero-order chi connectivity index (χ0) is 20.3. The summed E-state index contributed by atoms with van der Waals surface area (Å²) in [7, 11) is 1.62. The number of nitrogens with one attached hydrogen (secondary N) is 1. The number of methoxy groups -OCH3 is 1. The van der Waals surface area contributed by atoms with Crippen LogP contribution < -0.4 is 10.1 Å². The maximum atomic E-state index is 12.3. The Labute approximate surface area is 169 Å². The van der Waals surface area contributed by atoms with Crippen molar-refractivity contribution >= 4 is 23.1 Å². The molecule has 0 saturated heterocycles. The van der Waals surface area contributed by atoms with E-state index in [9.17, 15) is 4.79 Å². The summed E-state index contributed by atoms with van der Waals surface area (Å²) in [5.74, 6) is 0.767. The Morgan fingerprint density at radius 1 is 1.14 bits per heavy atom. The van der Waals surface area contributed by atoms with Gasteiger partial charge in [0.15, 0.2) is 0 Å². The van der Waals surface area contributed by atoms with E-state index in [4.69, 9.17) is 9.47 Å². The highest BCUT2D eigenvalue weighted by atomic mass is 32.1. The number of hydrogen-bond acceptors (Lipinski definition) is 5. The van der Waals surface area contributed by atoms with Crippen LogP contribution in [0.5, 0.6) is 5.75 Å². The van der Waals surface area contributed by atoms with Crippen molar-refractivity contribution in [1.29, 1.82) is 0 Å². The van der Waals surface area contributed by atoms with Gasteiger partial charge in [-0.25, -0.2) is 4.79 Å². The molecule has 5 nitrogen and oxygen atoms in total. The molecule has 0 fully saturated rings. The van der Waals surface area contributed by atoms with Gasteiger partial charge >= 0.3 is 6.09 Å². The number of hydrogen-bond donors (Lipinski definition) is 1. The molecular weight excluding hydrogens is 372 g/mol. The number of aromatic nitrogens is 1. The number of carbonyl (C=O) groups excluding carboxylic acids is 1. The number of nitrogens with zero attached hydrogens (tertiary/aromatic N) is 1. The van der Waals surface area contributed by atoms with Crippen LogP contribution in [0.1, 0.15) is 27.3 Å². The van der Waals surface area contributed by atoms with Crippen molar-refractivity contribution in [1.82, 2.24) is 4.98 Å². The minimum Gasteiger partial charge on any atom is -0.496 e. The fraction of sp³-hybridized carbons (Fsp3) is 0.273. The fourth-order valence-corrected chi connectivity index (χ4v) is 3.95. The lowest BCUT2D eigenvalue weighted by atomic mass is 10.1. The second-order valence-electron chi connectivity index (χ2n) is 6.75. The second kappa shape index (κ2) is 8.44. The fourth-order valence-electron chi connectivity index (χ4n) is 3.09. The standard InChI is InChI=1S/C22H24N2O3S/c1-13-8-17(20-7-6-15(3)28-20)10-18(9-13)24-22(25)27-12-19-16(4)21(26-5)14(2)11-23-19/h6-11H,12H2,1-5H3,(H,24,25). The lowest BCUT2D eigenvalue weighted by Crippen LogP contribution is -2.15. The molecule has 0 aliphatic rings. The Morgan fingerprint density at radius 2 is 1.93 bits per heavy atom. The summed E-state index contributed by atoms with van der Waals surface area (Å²) in [4.78, 5) is 19.1. The molecule has 0 aliphatic carbocycles. The van der Waals surface area contributed by atoms with Crippen molar-refractivity contribution < 1.29 is 14.3 Å². The number of pyridine rings is 1. The van der Waals surface area contributed by atoms with Gasteiger partial charge in [0, 0.05) is 32.8 Å². The average Bonchev–Trinajstić information content (AvgIpc) is 3.07. The Kier molecular flexibility index (Phi) is 5.99. The first-order valence-corrected chi connectivity index (χ1v) is 9.80. The Morgan fingerprint density at radius 3 is 2.61 bits per heavy atom. The van der Waals surface area contributed by atoms with E-state index in [1.54, 1.807) is 24.6 Å². The van der Waals surface area contributed by atoms with Crippen LogP contribution in [0.15, 0.2) is 36.5 Å². The van der Waals surface area contributed by atoms with Crippen LogP contribution in [0.4, 0.5) is 10.5 Å². The highest BCUT2D eigenvalue weighted by molar-refractivity contribution is 7.15. The molecule has 0 aliphatic heterocycles. The third-order valence-electron chi connectivity index (χ3n) is 4.44. The summed E-state index contributed by atoms with van der Waals surface area (Å²) in [6.07, 6.45) is 1.21. The number of carbonyl (C=O) groups is 1.